The van der Waals surface area contributed by atoms with Gasteiger partial charge in [0, 0.05) is 26.2 Å². The first-order valence-electron chi connectivity index (χ1n) is 9.47. The van der Waals surface area contributed by atoms with Crippen molar-refractivity contribution < 1.29 is 5.11 Å². The second-order valence-electron chi connectivity index (χ2n) is 7.03. The minimum atomic E-state index is 0.101. The zero-order chi connectivity index (χ0) is 18.8. The maximum Gasteiger partial charge on any atom is 0.147 e. The van der Waals surface area contributed by atoms with E-state index in [2.05, 4.69) is 21.7 Å². The van der Waals surface area contributed by atoms with Crippen molar-refractivity contribution >= 4 is 22.5 Å². The van der Waals surface area contributed by atoms with Crippen LogP contribution < -0.4 is 10.6 Å². The van der Waals surface area contributed by atoms with Crippen molar-refractivity contribution in [2.75, 3.05) is 43.4 Å². The molecule has 2 aromatic carbocycles. The molecule has 1 fully saturated rings. The Hall–Kier alpha value is -2.86. The van der Waals surface area contributed by atoms with Gasteiger partial charge >= 0.3 is 0 Å². The molecule has 3 aromatic rings. The van der Waals surface area contributed by atoms with Crippen LogP contribution in [0.2, 0.25) is 0 Å². The lowest BCUT2D eigenvalue weighted by molar-refractivity contribution is 0.258. The summed E-state index contributed by atoms with van der Waals surface area (Å²) in [5.74, 6) is 1.03. The Bertz CT molecular complexity index is 950. The summed E-state index contributed by atoms with van der Waals surface area (Å²) in [6, 6.07) is 11.3. The Morgan fingerprint density at radius 3 is 2.48 bits per heavy atom. The van der Waals surface area contributed by atoms with E-state index < -0.39 is 0 Å². The molecule has 1 saturated heterocycles. The minimum Gasteiger partial charge on any atom is -0.506 e. The van der Waals surface area contributed by atoms with Gasteiger partial charge < -0.3 is 15.7 Å². The van der Waals surface area contributed by atoms with E-state index in [1.807, 2.05) is 30.5 Å². The SMILES string of the molecule is CCCN1CCN(c2cnc3ccc(-c4ccc(O)c(N)c4)cc3n2)CC1. The summed E-state index contributed by atoms with van der Waals surface area (Å²) in [4.78, 5) is 14.3. The fourth-order valence-electron chi connectivity index (χ4n) is 3.58. The van der Waals surface area contributed by atoms with Crippen molar-refractivity contribution in [2.24, 2.45) is 0 Å². The van der Waals surface area contributed by atoms with E-state index in [4.69, 9.17) is 10.7 Å². The van der Waals surface area contributed by atoms with Crippen LogP contribution in [0.25, 0.3) is 22.2 Å². The number of phenols is 1. The molecule has 6 nitrogen and oxygen atoms in total. The number of rotatable bonds is 4. The van der Waals surface area contributed by atoms with Gasteiger partial charge in [0.1, 0.15) is 11.6 Å². The fraction of sp³-hybridized carbons (Fsp3) is 0.333. The number of hydrogen-bond acceptors (Lipinski definition) is 6. The molecule has 0 amide bonds. The lowest BCUT2D eigenvalue weighted by Gasteiger charge is -2.35. The molecule has 2 heterocycles. The first kappa shape index (κ1) is 17.5. The lowest BCUT2D eigenvalue weighted by atomic mass is 10.0. The average molecular weight is 363 g/mol. The Kier molecular flexibility index (Phi) is 4.81. The number of nitrogen functional groups attached to an aromatic ring is 1. The number of nitrogens with zero attached hydrogens (tertiary/aromatic N) is 4. The maximum atomic E-state index is 9.64. The molecule has 27 heavy (non-hydrogen) atoms. The Balaban J connectivity index is 1.61. The highest BCUT2D eigenvalue weighted by molar-refractivity contribution is 5.83. The Morgan fingerprint density at radius 1 is 1.00 bits per heavy atom. The average Bonchev–Trinajstić information content (AvgIpc) is 2.70. The summed E-state index contributed by atoms with van der Waals surface area (Å²) in [6.07, 6.45) is 3.07. The second kappa shape index (κ2) is 7.40. The van der Waals surface area contributed by atoms with Crippen LogP contribution in [0.5, 0.6) is 5.75 Å². The van der Waals surface area contributed by atoms with E-state index in [9.17, 15) is 5.11 Å². The highest BCUT2D eigenvalue weighted by Gasteiger charge is 2.18. The second-order valence-corrected chi connectivity index (χ2v) is 7.03. The molecule has 0 unspecified atom stereocenters. The largest absolute Gasteiger partial charge is 0.506 e. The molecule has 1 aliphatic rings. The van der Waals surface area contributed by atoms with Crippen LogP contribution in [0.3, 0.4) is 0 Å². The summed E-state index contributed by atoms with van der Waals surface area (Å²) in [5.41, 5.74) is 9.91. The van der Waals surface area contributed by atoms with Gasteiger partial charge in [-0.3, -0.25) is 9.88 Å². The van der Waals surface area contributed by atoms with Gasteiger partial charge in [0.25, 0.3) is 0 Å². The lowest BCUT2D eigenvalue weighted by Crippen LogP contribution is -2.46. The van der Waals surface area contributed by atoms with Gasteiger partial charge in [-0.2, -0.15) is 0 Å². The molecule has 0 aliphatic carbocycles. The highest BCUT2D eigenvalue weighted by atomic mass is 16.3. The standard InChI is InChI=1S/C21H25N5O/c1-2-7-25-8-10-26(11-9-25)21-14-23-18-5-3-16(13-19(18)24-21)15-4-6-20(27)17(22)12-15/h3-6,12-14,27H,2,7-11,22H2,1H3. The first-order chi connectivity index (χ1) is 13.1. The van der Waals surface area contributed by atoms with Gasteiger partial charge in [0.05, 0.1) is 22.9 Å². The molecule has 6 heteroatoms. The number of fused-ring (bicyclic) bond motifs is 1. The maximum absolute atomic E-state index is 9.64. The quantitative estimate of drug-likeness (QED) is 0.548. The van der Waals surface area contributed by atoms with Crippen LogP contribution in [-0.4, -0.2) is 52.7 Å². The molecule has 0 bridgehead atoms. The predicted molar refractivity (Wildman–Crippen MR) is 110 cm³/mol. The van der Waals surface area contributed by atoms with E-state index in [1.54, 1.807) is 12.1 Å². The van der Waals surface area contributed by atoms with E-state index >= 15 is 0 Å². The summed E-state index contributed by atoms with van der Waals surface area (Å²) in [6.45, 7) is 7.49. The molecular weight excluding hydrogens is 338 g/mol. The number of piperazine rings is 1. The van der Waals surface area contributed by atoms with Crippen LogP contribution in [0.1, 0.15) is 13.3 Å². The molecule has 1 aliphatic heterocycles. The number of phenolic OH excluding ortho intramolecular Hbond substituents is 1. The van der Waals surface area contributed by atoms with Gasteiger partial charge in [-0.1, -0.05) is 19.1 Å². The molecular formula is C21H25N5O. The number of nitrogens with two attached hydrogens (primary N) is 1. The van der Waals surface area contributed by atoms with E-state index in [0.717, 1.165) is 60.7 Å². The molecule has 0 radical (unpaired) electrons. The summed E-state index contributed by atoms with van der Waals surface area (Å²) in [7, 11) is 0. The number of aromatic nitrogens is 2. The molecule has 140 valence electrons. The summed E-state index contributed by atoms with van der Waals surface area (Å²) in [5, 5.41) is 9.64. The highest BCUT2D eigenvalue weighted by Crippen LogP contribution is 2.29. The summed E-state index contributed by atoms with van der Waals surface area (Å²) < 4.78 is 0. The van der Waals surface area contributed by atoms with E-state index in [1.165, 1.54) is 6.42 Å². The van der Waals surface area contributed by atoms with Crippen molar-refractivity contribution in [3.63, 3.8) is 0 Å². The van der Waals surface area contributed by atoms with Crippen LogP contribution in [0, 0.1) is 0 Å². The van der Waals surface area contributed by atoms with Gasteiger partial charge in [-0.05, 0) is 48.4 Å². The van der Waals surface area contributed by atoms with Gasteiger partial charge in [-0.25, -0.2) is 4.98 Å². The molecule has 0 spiro atoms. The zero-order valence-corrected chi connectivity index (χ0v) is 15.6. The predicted octanol–water partition coefficient (Wildman–Crippen LogP) is 3.12. The molecule has 3 N–H and O–H groups in total. The topological polar surface area (TPSA) is 78.5 Å². The molecule has 0 atom stereocenters. The molecule has 1 aromatic heterocycles. The zero-order valence-electron chi connectivity index (χ0n) is 15.6. The fourth-order valence-corrected chi connectivity index (χ4v) is 3.58. The molecule has 0 saturated carbocycles. The van der Waals surface area contributed by atoms with E-state index in [-0.39, 0.29) is 5.75 Å². The number of benzene rings is 2. The van der Waals surface area contributed by atoms with Crippen molar-refractivity contribution in [3.8, 4) is 16.9 Å². The van der Waals surface area contributed by atoms with Gasteiger partial charge in [-0.15, -0.1) is 0 Å². The van der Waals surface area contributed by atoms with Gasteiger partial charge in [0.2, 0.25) is 0 Å². The van der Waals surface area contributed by atoms with Crippen LogP contribution in [0.4, 0.5) is 11.5 Å². The number of aromatic hydroxyl groups is 1. The number of hydrogen-bond donors (Lipinski definition) is 2. The van der Waals surface area contributed by atoms with Gasteiger partial charge in [0.15, 0.2) is 0 Å². The number of anilines is 2. The first-order valence-corrected chi connectivity index (χ1v) is 9.47. The molecule has 4 rings (SSSR count). The van der Waals surface area contributed by atoms with Crippen molar-refractivity contribution in [1.82, 2.24) is 14.9 Å². The Morgan fingerprint density at radius 2 is 1.74 bits per heavy atom. The van der Waals surface area contributed by atoms with Crippen molar-refractivity contribution in [2.45, 2.75) is 13.3 Å². The smallest absolute Gasteiger partial charge is 0.147 e. The summed E-state index contributed by atoms with van der Waals surface area (Å²) >= 11 is 0. The third kappa shape index (κ3) is 3.66. The van der Waals surface area contributed by atoms with Crippen molar-refractivity contribution in [1.29, 1.82) is 0 Å². The third-order valence-corrected chi connectivity index (χ3v) is 5.13. The van der Waals surface area contributed by atoms with E-state index in [0.29, 0.717) is 5.69 Å². The van der Waals surface area contributed by atoms with Crippen molar-refractivity contribution in [3.05, 3.63) is 42.6 Å². The third-order valence-electron chi connectivity index (χ3n) is 5.13. The minimum absolute atomic E-state index is 0.101. The monoisotopic (exact) mass is 363 g/mol. The van der Waals surface area contributed by atoms with Crippen LogP contribution in [0.15, 0.2) is 42.6 Å². The van der Waals surface area contributed by atoms with Crippen LogP contribution in [-0.2, 0) is 0 Å². The van der Waals surface area contributed by atoms with Crippen LogP contribution >= 0.6 is 0 Å². The Labute approximate surface area is 159 Å². The normalized spacial score (nSPS) is 15.4.